The molecule has 1 aliphatic heterocycles. The van der Waals surface area contributed by atoms with E-state index in [1.165, 1.54) is 5.01 Å². The van der Waals surface area contributed by atoms with E-state index in [4.69, 9.17) is 4.74 Å². The largest absolute Gasteiger partial charge is 0.379 e. The molecule has 2 rings (SSSR count). The Hall–Kier alpha value is -0.490. The highest BCUT2D eigenvalue weighted by molar-refractivity contribution is 7.09. The topological polar surface area (TPSA) is 37.4 Å². The summed E-state index contributed by atoms with van der Waals surface area (Å²) >= 11 is 1.75. The van der Waals surface area contributed by atoms with Crippen molar-refractivity contribution in [2.45, 2.75) is 32.7 Å². The van der Waals surface area contributed by atoms with Gasteiger partial charge in [0.2, 0.25) is 0 Å². The molecule has 2 heterocycles. The third-order valence-corrected chi connectivity index (χ3v) is 4.01. The Morgan fingerprint density at radius 3 is 2.71 bits per heavy atom. The minimum atomic E-state index is 0.155. The zero-order valence-electron chi connectivity index (χ0n) is 10.8. The van der Waals surface area contributed by atoms with Crippen molar-refractivity contribution in [3.8, 4) is 0 Å². The Labute approximate surface area is 107 Å². The van der Waals surface area contributed by atoms with E-state index in [0.717, 1.165) is 38.5 Å². The molecular weight excluding hydrogens is 234 g/mol. The molecule has 1 aromatic rings. The molecule has 1 N–H and O–H groups in total. The van der Waals surface area contributed by atoms with Gasteiger partial charge in [0.1, 0.15) is 0 Å². The van der Waals surface area contributed by atoms with E-state index in [0.29, 0.717) is 0 Å². The van der Waals surface area contributed by atoms with Crippen molar-refractivity contribution in [2.75, 3.05) is 26.3 Å². The van der Waals surface area contributed by atoms with Crippen molar-refractivity contribution in [3.63, 3.8) is 0 Å². The van der Waals surface area contributed by atoms with Gasteiger partial charge in [0.25, 0.3) is 0 Å². The second-order valence-corrected chi connectivity index (χ2v) is 6.19. The number of aromatic nitrogens is 1. The molecule has 0 bridgehead atoms. The second-order valence-electron chi connectivity index (χ2n) is 5.33. The predicted molar refractivity (Wildman–Crippen MR) is 70.0 cm³/mol. The number of morpholine rings is 1. The van der Waals surface area contributed by atoms with Crippen molar-refractivity contribution in [2.24, 2.45) is 0 Å². The molecule has 17 heavy (non-hydrogen) atoms. The van der Waals surface area contributed by atoms with Crippen LogP contribution in [-0.2, 0) is 16.7 Å². The summed E-state index contributed by atoms with van der Waals surface area (Å²) in [4.78, 5) is 4.66. The maximum Gasteiger partial charge on any atom is 0.0982 e. The summed E-state index contributed by atoms with van der Waals surface area (Å²) in [6.07, 6.45) is 0. The minimum Gasteiger partial charge on any atom is -0.379 e. The average Bonchev–Trinajstić information content (AvgIpc) is 2.76. The zero-order chi connectivity index (χ0) is 12.3. The summed E-state index contributed by atoms with van der Waals surface area (Å²) < 4.78 is 5.31. The number of ether oxygens (including phenoxy) is 1. The first kappa shape index (κ1) is 13.0. The predicted octanol–water partition coefficient (Wildman–Crippen LogP) is 1.78. The van der Waals surface area contributed by atoms with E-state index in [2.05, 4.69) is 41.6 Å². The van der Waals surface area contributed by atoms with E-state index in [1.807, 2.05) is 0 Å². The Bertz CT molecular complexity index is 353. The first-order valence-corrected chi connectivity index (χ1v) is 6.95. The maximum atomic E-state index is 5.31. The van der Waals surface area contributed by atoms with Gasteiger partial charge in [0, 0.05) is 23.9 Å². The third kappa shape index (κ3) is 3.74. The number of hydrogen-bond donors (Lipinski definition) is 1. The lowest BCUT2D eigenvalue weighted by molar-refractivity contribution is 0.0104. The van der Waals surface area contributed by atoms with Gasteiger partial charge in [0.05, 0.1) is 30.5 Å². The van der Waals surface area contributed by atoms with Crippen LogP contribution in [0, 0.1) is 0 Å². The van der Waals surface area contributed by atoms with Gasteiger partial charge in [-0.05, 0) is 0 Å². The van der Waals surface area contributed by atoms with Gasteiger partial charge in [0.15, 0.2) is 0 Å². The zero-order valence-corrected chi connectivity index (χ0v) is 11.6. The molecule has 0 radical (unpaired) electrons. The van der Waals surface area contributed by atoms with Crippen LogP contribution in [-0.4, -0.2) is 36.3 Å². The highest BCUT2D eigenvalue weighted by Gasteiger charge is 2.18. The maximum absolute atomic E-state index is 5.31. The summed E-state index contributed by atoms with van der Waals surface area (Å²) in [7, 11) is 0. The van der Waals surface area contributed by atoms with Crippen molar-refractivity contribution < 1.29 is 4.74 Å². The van der Waals surface area contributed by atoms with E-state index in [1.54, 1.807) is 11.3 Å². The molecule has 0 spiro atoms. The molecule has 0 saturated carbocycles. The lowest BCUT2D eigenvalue weighted by Crippen LogP contribution is -2.45. The molecule has 1 fully saturated rings. The van der Waals surface area contributed by atoms with Crippen LogP contribution in [0.5, 0.6) is 0 Å². The Morgan fingerprint density at radius 1 is 1.41 bits per heavy atom. The number of hydrazine groups is 1. The van der Waals surface area contributed by atoms with Crippen molar-refractivity contribution in [1.82, 2.24) is 15.4 Å². The molecular formula is C12H21N3OS. The number of rotatable bonds is 3. The van der Waals surface area contributed by atoms with E-state index in [-0.39, 0.29) is 5.41 Å². The van der Waals surface area contributed by atoms with Crippen LogP contribution in [0.25, 0.3) is 0 Å². The van der Waals surface area contributed by atoms with Gasteiger partial charge in [-0.1, -0.05) is 20.8 Å². The molecule has 0 amide bonds. The Balaban J connectivity index is 1.84. The Morgan fingerprint density at radius 2 is 2.12 bits per heavy atom. The first-order valence-electron chi connectivity index (χ1n) is 6.07. The van der Waals surface area contributed by atoms with Crippen LogP contribution in [0.15, 0.2) is 5.38 Å². The van der Waals surface area contributed by atoms with Crippen LogP contribution >= 0.6 is 11.3 Å². The van der Waals surface area contributed by atoms with Gasteiger partial charge in [-0.25, -0.2) is 15.4 Å². The molecule has 4 nitrogen and oxygen atoms in total. The summed E-state index contributed by atoms with van der Waals surface area (Å²) in [5.41, 5.74) is 4.69. The van der Waals surface area contributed by atoms with Crippen LogP contribution in [0.3, 0.4) is 0 Å². The van der Waals surface area contributed by atoms with Gasteiger partial charge < -0.3 is 4.74 Å². The van der Waals surface area contributed by atoms with Gasteiger partial charge in [-0.2, -0.15) is 0 Å². The van der Waals surface area contributed by atoms with Crippen molar-refractivity contribution >= 4 is 11.3 Å². The van der Waals surface area contributed by atoms with Gasteiger partial charge in [-0.3, -0.25) is 0 Å². The quantitative estimate of drug-likeness (QED) is 0.893. The molecule has 0 aromatic carbocycles. The molecule has 0 unspecified atom stereocenters. The van der Waals surface area contributed by atoms with E-state index >= 15 is 0 Å². The molecule has 0 aliphatic carbocycles. The normalized spacial score (nSPS) is 18.5. The highest BCUT2D eigenvalue weighted by Crippen LogP contribution is 2.25. The first-order chi connectivity index (χ1) is 8.05. The fourth-order valence-corrected chi connectivity index (χ4v) is 2.55. The summed E-state index contributed by atoms with van der Waals surface area (Å²) in [6.45, 7) is 11.0. The van der Waals surface area contributed by atoms with Gasteiger partial charge in [-0.15, -0.1) is 11.3 Å². The summed E-state index contributed by atoms with van der Waals surface area (Å²) in [6, 6.07) is 0. The van der Waals surface area contributed by atoms with Crippen LogP contribution in [0.4, 0.5) is 0 Å². The summed E-state index contributed by atoms with van der Waals surface area (Å²) in [5, 5.41) is 5.56. The van der Waals surface area contributed by atoms with E-state index in [9.17, 15) is 0 Å². The molecule has 1 saturated heterocycles. The van der Waals surface area contributed by atoms with Crippen LogP contribution < -0.4 is 5.43 Å². The lowest BCUT2D eigenvalue weighted by Gasteiger charge is -2.26. The minimum absolute atomic E-state index is 0.155. The smallest absolute Gasteiger partial charge is 0.0982 e. The van der Waals surface area contributed by atoms with E-state index < -0.39 is 0 Å². The molecule has 0 atom stereocenters. The van der Waals surface area contributed by atoms with Crippen molar-refractivity contribution in [1.29, 1.82) is 0 Å². The number of nitrogens with zero attached hydrogens (tertiary/aromatic N) is 2. The SMILES string of the molecule is CC(C)(C)c1nc(CNN2CCOCC2)cs1. The fourth-order valence-electron chi connectivity index (χ4n) is 1.65. The van der Waals surface area contributed by atoms with Crippen LogP contribution in [0.2, 0.25) is 0 Å². The molecule has 96 valence electrons. The molecule has 5 heteroatoms. The number of hydrogen-bond acceptors (Lipinski definition) is 5. The number of thiazole rings is 1. The highest BCUT2D eigenvalue weighted by atomic mass is 32.1. The lowest BCUT2D eigenvalue weighted by atomic mass is 9.98. The van der Waals surface area contributed by atoms with Crippen molar-refractivity contribution in [3.05, 3.63) is 16.1 Å². The molecule has 1 aliphatic rings. The average molecular weight is 255 g/mol. The van der Waals surface area contributed by atoms with Crippen LogP contribution in [0.1, 0.15) is 31.5 Å². The third-order valence-electron chi connectivity index (χ3n) is 2.69. The second kappa shape index (κ2) is 5.44. The molecule has 1 aromatic heterocycles. The summed E-state index contributed by atoms with van der Waals surface area (Å²) in [5.74, 6) is 0. The Kier molecular flexibility index (Phi) is 4.14. The van der Waals surface area contributed by atoms with Gasteiger partial charge >= 0.3 is 0 Å². The number of nitrogens with one attached hydrogen (secondary N) is 1. The monoisotopic (exact) mass is 255 g/mol. The standard InChI is InChI=1S/C12H21N3OS/c1-12(2,3)11-14-10(9-17-11)8-13-15-4-6-16-7-5-15/h9,13H,4-8H2,1-3H3. The fraction of sp³-hybridized carbons (Fsp3) is 0.750.